The smallest absolute Gasteiger partial charge is 0.0417 e. The first kappa shape index (κ1) is 12.0. The van der Waals surface area contributed by atoms with Gasteiger partial charge in [0, 0.05) is 15.5 Å². The van der Waals surface area contributed by atoms with Crippen molar-refractivity contribution in [2.45, 2.75) is 25.8 Å². The molecule has 0 saturated carbocycles. The fourth-order valence-electron chi connectivity index (χ4n) is 1.53. The molecule has 0 radical (unpaired) electrons. The predicted octanol–water partition coefficient (Wildman–Crippen LogP) is 4.16. The Morgan fingerprint density at radius 3 is 2.71 bits per heavy atom. The summed E-state index contributed by atoms with van der Waals surface area (Å²) in [6.45, 7) is 2.19. The van der Waals surface area contributed by atoms with Crippen molar-refractivity contribution >= 4 is 27.5 Å². The van der Waals surface area contributed by atoms with Crippen LogP contribution in [0.25, 0.3) is 0 Å². The third-order valence-electron chi connectivity index (χ3n) is 2.26. The molecule has 1 nitrogen and oxygen atoms in total. The lowest BCUT2D eigenvalue weighted by Gasteiger charge is -2.17. The Bertz CT molecular complexity index is 301. The number of hydrogen-bond donors (Lipinski definition) is 1. The zero-order chi connectivity index (χ0) is 10.6. The normalized spacial score (nSPS) is 12.9. The summed E-state index contributed by atoms with van der Waals surface area (Å²) in [5.41, 5.74) is 1.28. The van der Waals surface area contributed by atoms with E-state index in [9.17, 15) is 0 Å². The molecule has 0 amide bonds. The van der Waals surface area contributed by atoms with Crippen molar-refractivity contribution in [3.63, 3.8) is 0 Å². The zero-order valence-electron chi connectivity index (χ0n) is 8.48. The van der Waals surface area contributed by atoms with Crippen molar-refractivity contribution in [2.24, 2.45) is 0 Å². The van der Waals surface area contributed by atoms with E-state index in [-0.39, 0.29) is 0 Å². The molecule has 0 aliphatic rings. The van der Waals surface area contributed by atoms with Gasteiger partial charge in [0.1, 0.15) is 0 Å². The van der Waals surface area contributed by atoms with Crippen molar-refractivity contribution in [3.05, 3.63) is 33.3 Å². The van der Waals surface area contributed by atoms with Gasteiger partial charge >= 0.3 is 0 Å². The number of halogens is 2. The number of nitrogens with one attached hydrogen (secondary N) is 1. The van der Waals surface area contributed by atoms with Gasteiger partial charge in [-0.25, -0.2) is 0 Å². The van der Waals surface area contributed by atoms with E-state index < -0.39 is 0 Å². The van der Waals surface area contributed by atoms with Crippen LogP contribution in [0.2, 0.25) is 5.02 Å². The van der Waals surface area contributed by atoms with Crippen LogP contribution in [-0.2, 0) is 0 Å². The molecule has 14 heavy (non-hydrogen) atoms. The lowest BCUT2D eigenvalue weighted by Crippen LogP contribution is -2.16. The van der Waals surface area contributed by atoms with Gasteiger partial charge in [-0.2, -0.15) is 0 Å². The van der Waals surface area contributed by atoms with Crippen LogP contribution >= 0.6 is 27.5 Å². The Balaban J connectivity index is 2.92. The van der Waals surface area contributed by atoms with Crippen LogP contribution in [0.4, 0.5) is 0 Å². The first-order valence-corrected chi connectivity index (χ1v) is 5.98. The monoisotopic (exact) mass is 275 g/mol. The lowest BCUT2D eigenvalue weighted by molar-refractivity contribution is 0.540. The maximum atomic E-state index is 5.89. The summed E-state index contributed by atoms with van der Waals surface area (Å²) in [4.78, 5) is 0. The molecule has 0 saturated heterocycles. The van der Waals surface area contributed by atoms with E-state index in [1.165, 1.54) is 12.0 Å². The highest BCUT2D eigenvalue weighted by Crippen LogP contribution is 2.28. The maximum absolute atomic E-state index is 5.89. The van der Waals surface area contributed by atoms with Gasteiger partial charge in [0.25, 0.3) is 0 Å². The SMILES string of the molecule is CCCC(NC)c1ccc(Cl)cc1Br. The van der Waals surface area contributed by atoms with E-state index in [1.807, 2.05) is 19.2 Å². The summed E-state index contributed by atoms with van der Waals surface area (Å²) in [5.74, 6) is 0. The molecule has 0 heterocycles. The van der Waals surface area contributed by atoms with Crippen molar-refractivity contribution in [1.82, 2.24) is 5.32 Å². The second-order valence-corrected chi connectivity index (χ2v) is 4.59. The van der Waals surface area contributed by atoms with Crippen LogP contribution in [0.3, 0.4) is 0 Å². The average molecular weight is 277 g/mol. The molecule has 0 aliphatic carbocycles. The Morgan fingerprint density at radius 1 is 1.50 bits per heavy atom. The average Bonchev–Trinajstić information content (AvgIpc) is 2.15. The second kappa shape index (κ2) is 5.74. The largest absolute Gasteiger partial charge is 0.313 e. The molecule has 3 heteroatoms. The van der Waals surface area contributed by atoms with E-state index in [0.29, 0.717) is 6.04 Å². The fraction of sp³-hybridized carbons (Fsp3) is 0.455. The van der Waals surface area contributed by atoms with E-state index >= 15 is 0 Å². The van der Waals surface area contributed by atoms with Gasteiger partial charge in [-0.05, 0) is 31.2 Å². The number of rotatable bonds is 4. The molecule has 1 aromatic carbocycles. The molecule has 1 aromatic rings. The van der Waals surface area contributed by atoms with Gasteiger partial charge in [-0.3, -0.25) is 0 Å². The van der Waals surface area contributed by atoms with Crippen LogP contribution in [0.1, 0.15) is 31.4 Å². The van der Waals surface area contributed by atoms with Crippen LogP contribution < -0.4 is 5.32 Å². The Kier molecular flexibility index (Phi) is 4.93. The summed E-state index contributed by atoms with van der Waals surface area (Å²) in [5, 5.41) is 4.08. The molecule has 1 N–H and O–H groups in total. The zero-order valence-corrected chi connectivity index (χ0v) is 10.8. The van der Waals surface area contributed by atoms with Gasteiger partial charge < -0.3 is 5.32 Å². The fourth-order valence-corrected chi connectivity index (χ4v) is 2.49. The Morgan fingerprint density at radius 2 is 2.21 bits per heavy atom. The summed E-state index contributed by atoms with van der Waals surface area (Å²) in [7, 11) is 1.99. The number of benzene rings is 1. The molecule has 0 fully saturated rings. The Hall–Kier alpha value is -0.0500. The number of hydrogen-bond acceptors (Lipinski definition) is 1. The van der Waals surface area contributed by atoms with Crippen molar-refractivity contribution < 1.29 is 0 Å². The second-order valence-electron chi connectivity index (χ2n) is 3.30. The summed E-state index contributed by atoms with van der Waals surface area (Å²) >= 11 is 9.43. The first-order valence-electron chi connectivity index (χ1n) is 4.81. The highest BCUT2D eigenvalue weighted by atomic mass is 79.9. The molecule has 0 bridgehead atoms. The molecule has 0 spiro atoms. The summed E-state index contributed by atoms with van der Waals surface area (Å²) in [6.07, 6.45) is 2.30. The third kappa shape index (κ3) is 2.97. The first-order chi connectivity index (χ1) is 6.69. The third-order valence-corrected chi connectivity index (χ3v) is 3.19. The molecule has 1 atom stereocenters. The quantitative estimate of drug-likeness (QED) is 0.870. The van der Waals surface area contributed by atoms with Crippen LogP contribution in [0.5, 0.6) is 0 Å². The van der Waals surface area contributed by atoms with Crippen molar-refractivity contribution in [1.29, 1.82) is 0 Å². The Labute approximate surface area is 99.0 Å². The van der Waals surface area contributed by atoms with Gasteiger partial charge in [-0.15, -0.1) is 0 Å². The molecule has 78 valence electrons. The van der Waals surface area contributed by atoms with Crippen LogP contribution in [0, 0.1) is 0 Å². The van der Waals surface area contributed by atoms with Crippen molar-refractivity contribution in [3.8, 4) is 0 Å². The maximum Gasteiger partial charge on any atom is 0.0417 e. The molecule has 1 unspecified atom stereocenters. The molecule has 1 rings (SSSR count). The minimum atomic E-state index is 0.409. The topological polar surface area (TPSA) is 12.0 Å². The van der Waals surface area contributed by atoms with E-state index in [0.717, 1.165) is 15.9 Å². The van der Waals surface area contributed by atoms with Crippen LogP contribution in [-0.4, -0.2) is 7.05 Å². The minimum Gasteiger partial charge on any atom is -0.313 e. The summed E-state index contributed by atoms with van der Waals surface area (Å²) < 4.78 is 1.08. The van der Waals surface area contributed by atoms with Gasteiger partial charge in [0.05, 0.1) is 0 Å². The minimum absolute atomic E-state index is 0.409. The van der Waals surface area contributed by atoms with E-state index in [2.05, 4.69) is 34.2 Å². The highest BCUT2D eigenvalue weighted by Gasteiger charge is 2.11. The van der Waals surface area contributed by atoms with Crippen molar-refractivity contribution in [2.75, 3.05) is 7.05 Å². The molecule has 0 aliphatic heterocycles. The molecular formula is C11H15BrClN. The van der Waals surface area contributed by atoms with Crippen LogP contribution in [0.15, 0.2) is 22.7 Å². The van der Waals surface area contributed by atoms with E-state index in [1.54, 1.807) is 0 Å². The van der Waals surface area contributed by atoms with Gasteiger partial charge in [0.2, 0.25) is 0 Å². The molecular weight excluding hydrogens is 261 g/mol. The predicted molar refractivity (Wildman–Crippen MR) is 65.9 cm³/mol. The molecule has 0 aromatic heterocycles. The van der Waals surface area contributed by atoms with Gasteiger partial charge in [0.15, 0.2) is 0 Å². The summed E-state index contributed by atoms with van der Waals surface area (Å²) in [6, 6.07) is 6.36. The highest BCUT2D eigenvalue weighted by molar-refractivity contribution is 9.10. The standard InChI is InChI=1S/C11H15BrClN/c1-3-4-11(14-2)9-6-5-8(13)7-10(9)12/h5-7,11,14H,3-4H2,1-2H3. The lowest BCUT2D eigenvalue weighted by atomic mass is 10.0. The van der Waals surface area contributed by atoms with Gasteiger partial charge in [-0.1, -0.05) is 46.9 Å². The van der Waals surface area contributed by atoms with E-state index in [4.69, 9.17) is 11.6 Å².